The van der Waals surface area contributed by atoms with Crippen LogP contribution < -0.4 is 10.5 Å². The molecule has 2 nitrogen and oxygen atoms in total. The van der Waals surface area contributed by atoms with Crippen LogP contribution in [-0.4, -0.2) is 6.23 Å². The summed E-state index contributed by atoms with van der Waals surface area (Å²) in [5.41, 5.74) is 8.22. The molecule has 0 aliphatic rings. The second-order valence-corrected chi connectivity index (χ2v) is 4.51. The van der Waals surface area contributed by atoms with Gasteiger partial charge in [0.2, 0.25) is 0 Å². The van der Waals surface area contributed by atoms with E-state index in [0.717, 1.165) is 23.3 Å². The van der Waals surface area contributed by atoms with Gasteiger partial charge in [-0.25, -0.2) is 0 Å². The van der Waals surface area contributed by atoms with Crippen molar-refractivity contribution in [1.82, 2.24) is 0 Å². The molecular weight excluding hydrogens is 186 g/mol. The van der Waals surface area contributed by atoms with Crippen LogP contribution >= 0.6 is 0 Å². The van der Waals surface area contributed by atoms with Crippen molar-refractivity contribution in [1.29, 1.82) is 0 Å². The molecule has 0 radical (unpaired) electrons. The highest BCUT2D eigenvalue weighted by molar-refractivity contribution is 5.39. The molecule has 1 rings (SSSR count). The van der Waals surface area contributed by atoms with Crippen LogP contribution in [0.25, 0.3) is 0 Å². The van der Waals surface area contributed by atoms with Gasteiger partial charge in [-0.3, -0.25) is 5.73 Å². The summed E-state index contributed by atoms with van der Waals surface area (Å²) in [6.07, 6.45) is 0.679. The first-order valence-corrected chi connectivity index (χ1v) is 5.49. The van der Waals surface area contributed by atoms with Gasteiger partial charge >= 0.3 is 0 Å². The van der Waals surface area contributed by atoms with E-state index < -0.39 is 0 Å². The van der Waals surface area contributed by atoms with Crippen molar-refractivity contribution in [2.75, 3.05) is 0 Å². The molecule has 1 atom stereocenters. The smallest absolute Gasteiger partial charge is 0.147 e. The summed E-state index contributed by atoms with van der Waals surface area (Å²) in [4.78, 5) is 0. The topological polar surface area (TPSA) is 35.2 Å². The second-order valence-electron chi connectivity index (χ2n) is 4.51. The second kappa shape index (κ2) is 5.17. The zero-order chi connectivity index (χ0) is 11.4. The van der Waals surface area contributed by atoms with Gasteiger partial charge in [-0.2, -0.15) is 0 Å². The molecule has 0 heterocycles. The Hall–Kier alpha value is -1.02. The summed E-state index contributed by atoms with van der Waals surface area (Å²) in [7, 11) is 0. The van der Waals surface area contributed by atoms with E-state index in [2.05, 4.69) is 13.8 Å². The number of rotatable bonds is 4. The molecule has 2 N–H and O–H groups in total. The molecule has 0 saturated heterocycles. The van der Waals surface area contributed by atoms with Crippen LogP contribution in [0, 0.1) is 19.8 Å². The number of hydrogen-bond acceptors (Lipinski definition) is 2. The van der Waals surface area contributed by atoms with Crippen LogP contribution in [0.4, 0.5) is 0 Å². The van der Waals surface area contributed by atoms with Gasteiger partial charge in [-0.15, -0.1) is 0 Å². The third-order valence-corrected chi connectivity index (χ3v) is 2.38. The first-order chi connectivity index (χ1) is 7.00. The van der Waals surface area contributed by atoms with Gasteiger partial charge in [0.15, 0.2) is 0 Å². The van der Waals surface area contributed by atoms with Gasteiger partial charge < -0.3 is 4.74 Å². The maximum atomic E-state index is 5.92. The number of para-hydroxylation sites is 1. The minimum atomic E-state index is -0.204. The molecular formula is C13H21NO. The maximum absolute atomic E-state index is 5.92. The summed E-state index contributed by atoms with van der Waals surface area (Å²) in [5.74, 6) is 1.50. The number of benzene rings is 1. The van der Waals surface area contributed by atoms with E-state index in [0.29, 0.717) is 5.92 Å². The molecule has 15 heavy (non-hydrogen) atoms. The normalized spacial score (nSPS) is 12.9. The van der Waals surface area contributed by atoms with Crippen LogP contribution in [-0.2, 0) is 0 Å². The van der Waals surface area contributed by atoms with Crippen molar-refractivity contribution >= 4 is 0 Å². The van der Waals surface area contributed by atoms with E-state index in [1.54, 1.807) is 0 Å². The Kier molecular flexibility index (Phi) is 4.15. The lowest BCUT2D eigenvalue weighted by Crippen LogP contribution is -2.29. The third-order valence-electron chi connectivity index (χ3n) is 2.38. The lowest BCUT2D eigenvalue weighted by molar-refractivity contribution is 0.179. The first-order valence-electron chi connectivity index (χ1n) is 5.49. The number of aryl methyl sites for hydroxylation is 2. The van der Waals surface area contributed by atoms with Crippen molar-refractivity contribution < 1.29 is 4.74 Å². The van der Waals surface area contributed by atoms with Crippen molar-refractivity contribution in [3.8, 4) is 5.75 Å². The highest BCUT2D eigenvalue weighted by atomic mass is 16.5. The predicted molar refractivity (Wildman–Crippen MR) is 64.0 cm³/mol. The first kappa shape index (κ1) is 12.1. The Balaban J connectivity index is 2.71. The van der Waals surface area contributed by atoms with Crippen molar-refractivity contribution in [3.05, 3.63) is 29.3 Å². The monoisotopic (exact) mass is 207 g/mol. The van der Waals surface area contributed by atoms with Crippen molar-refractivity contribution in [3.63, 3.8) is 0 Å². The summed E-state index contributed by atoms with van der Waals surface area (Å²) >= 11 is 0. The van der Waals surface area contributed by atoms with Crippen LogP contribution in [0.3, 0.4) is 0 Å². The average molecular weight is 207 g/mol. The van der Waals surface area contributed by atoms with Gasteiger partial charge in [0.1, 0.15) is 12.0 Å². The van der Waals surface area contributed by atoms with E-state index >= 15 is 0 Å². The predicted octanol–water partition coefficient (Wildman–Crippen LogP) is 3.01. The molecule has 0 aliphatic heterocycles. The van der Waals surface area contributed by atoms with Crippen molar-refractivity contribution in [2.24, 2.45) is 11.7 Å². The molecule has 0 aliphatic carbocycles. The highest BCUT2D eigenvalue weighted by Crippen LogP contribution is 2.23. The molecule has 0 bridgehead atoms. The zero-order valence-electron chi connectivity index (χ0n) is 10.1. The molecule has 0 aromatic heterocycles. The fourth-order valence-corrected chi connectivity index (χ4v) is 1.65. The Bertz CT molecular complexity index is 300. The number of ether oxygens (including phenoxy) is 1. The molecule has 0 spiro atoms. The molecule has 0 amide bonds. The fraction of sp³-hybridized carbons (Fsp3) is 0.538. The van der Waals surface area contributed by atoms with E-state index in [4.69, 9.17) is 10.5 Å². The minimum absolute atomic E-state index is 0.204. The summed E-state index contributed by atoms with van der Waals surface area (Å²) < 4.78 is 5.76. The molecule has 1 aromatic rings. The lowest BCUT2D eigenvalue weighted by Gasteiger charge is -2.19. The number of nitrogens with two attached hydrogens (primary N) is 1. The molecule has 1 aromatic carbocycles. The molecule has 84 valence electrons. The quantitative estimate of drug-likeness (QED) is 0.770. The van der Waals surface area contributed by atoms with Gasteiger partial charge in [0.25, 0.3) is 0 Å². The Morgan fingerprint density at radius 1 is 1.20 bits per heavy atom. The Morgan fingerprint density at radius 3 is 2.20 bits per heavy atom. The van der Waals surface area contributed by atoms with E-state index in [1.165, 1.54) is 0 Å². The minimum Gasteiger partial charge on any atom is -0.475 e. The van der Waals surface area contributed by atoms with E-state index in [1.807, 2.05) is 32.0 Å². The maximum Gasteiger partial charge on any atom is 0.147 e. The Labute approximate surface area is 92.4 Å². The van der Waals surface area contributed by atoms with Crippen LogP contribution in [0.5, 0.6) is 5.75 Å². The van der Waals surface area contributed by atoms with Crippen LogP contribution in [0.15, 0.2) is 18.2 Å². The summed E-state index contributed by atoms with van der Waals surface area (Å²) in [5, 5.41) is 0. The lowest BCUT2D eigenvalue weighted by atomic mass is 10.1. The molecule has 2 heteroatoms. The molecule has 1 unspecified atom stereocenters. The van der Waals surface area contributed by atoms with Crippen LogP contribution in [0.1, 0.15) is 31.4 Å². The average Bonchev–Trinajstić information content (AvgIpc) is 2.10. The summed E-state index contributed by atoms with van der Waals surface area (Å²) in [6.45, 7) is 8.39. The molecule has 0 saturated carbocycles. The zero-order valence-corrected chi connectivity index (χ0v) is 10.1. The SMILES string of the molecule is Cc1cccc(C)c1OC(N)CC(C)C. The summed E-state index contributed by atoms with van der Waals surface area (Å²) in [6, 6.07) is 6.13. The van der Waals surface area contributed by atoms with Gasteiger partial charge in [0.05, 0.1) is 0 Å². The fourth-order valence-electron chi connectivity index (χ4n) is 1.65. The van der Waals surface area contributed by atoms with Gasteiger partial charge in [0, 0.05) is 6.42 Å². The number of hydrogen-bond donors (Lipinski definition) is 1. The van der Waals surface area contributed by atoms with E-state index in [-0.39, 0.29) is 6.23 Å². The van der Waals surface area contributed by atoms with Gasteiger partial charge in [-0.05, 0) is 30.9 Å². The van der Waals surface area contributed by atoms with Crippen molar-refractivity contribution in [2.45, 2.75) is 40.3 Å². The Morgan fingerprint density at radius 2 is 1.73 bits per heavy atom. The van der Waals surface area contributed by atoms with Crippen LogP contribution in [0.2, 0.25) is 0 Å². The standard InChI is InChI=1S/C13H21NO/c1-9(2)8-12(14)15-13-10(3)6-5-7-11(13)4/h5-7,9,12H,8,14H2,1-4H3. The third kappa shape index (κ3) is 3.56. The largest absolute Gasteiger partial charge is 0.475 e. The highest BCUT2D eigenvalue weighted by Gasteiger charge is 2.10. The van der Waals surface area contributed by atoms with E-state index in [9.17, 15) is 0 Å². The van der Waals surface area contributed by atoms with Gasteiger partial charge in [-0.1, -0.05) is 32.0 Å². The molecule has 0 fully saturated rings.